The molecule has 1 heterocycles. The third kappa shape index (κ3) is 5.61. The van der Waals surface area contributed by atoms with Crippen LogP contribution in [0, 0.1) is 0 Å². The first-order valence-corrected chi connectivity index (χ1v) is 9.22. The first kappa shape index (κ1) is 20.0. The minimum absolute atomic E-state index is 0.208. The van der Waals surface area contributed by atoms with Crippen LogP contribution in [0.25, 0.3) is 0 Å². The molecule has 1 atom stereocenters. The van der Waals surface area contributed by atoms with Gasteiger partial charge in [0.2, 0.25) is 0 Å². The maximum atomic E-state index is 12.5. The number of rotatable bonds is 8. The number of amides is 2. The zero-order chi connectivity index (χ0) is 19.8. The molecule has 1 N–H and O–H groups in total. The summed E-state index contributed by atoms with van der Waals surface area (Å²) in [5, 5.41) is 2.90. The van der Waals surface area contributed by atoms with Crippen LogP contribution in [0.4, 0.5) is 10.5 Å². The monoisotopic (exact) mass is 386 g/mol. The van der Waals surface area contributed by atoms with Gasteiger partial charge in [0.1, 0.15) is 6.61 Å². The lowest BCUT2D eigenvalue weighted by atomic mass is 10.2. The van der Waals surface area contributed by atoms with Gasteiger partial charge in [-0.15, -0.1) is 0 Å². The fourth-order valence-electron chi connectivity index (χ4n) is 2.83. The highest BCUT2D eigenvalue weighted by atomic mass is 16.6. The molecule has 7 nitrogen and oxygen atoms in total. The maximum Gasteiger partial charge on any atom is 0.321 e. The van der Waals surface area contributed by atoms with Gasteiger partial charge in [0.25, 0.3) is 0 Å². The average Bonchev–Trinajstić information content (AvgIpc) is 2.71. The standard InChI is InChI=1S/C21H26N2O5/c1-23(13-18-15-27-19-8-3-4-9-20(19)28-18)21(24)22-17-7-5-6-16(12-17)14-26-11-10-25-2/h3-9,12,18H,10-11,13-15H2,1-2H3,(H,22,24). The summed E-state index contributed by atoms with van der Waals surface area (Å²) in [7, 11) is 3.37. The van der Waals surface area contributed by atoms with Crippen LogP contribution in [-0.4, -0.2) is 57.6 Å². The van der Waals surface area contributed by atoms with Crippen LogP contribution in [0.15, 0.2) is 48.5 Å². The first-order chi connectivity index (χ1) is 13.7. The zero-order valence-corrected chi connectivity index (χ0v) is 16.2. The first-order valence-electron chi connectivity index (χ1n) is 9.22. The van der Waals surface area contributed by atoms with Gasteiger partial charge in [-0.2, -0.15) is 0 Å². The van der Waals surface area contributed by atoms with Crippen LogP contribution in [0.5, 0.6) is 11.5 Å². The molecular weight excluding hydrogens is 360 g/mol. The molecule has 0 saturated carbocycles. The Morgan fingerprint density at radius 3 is 2.82 bits per heavy atom. The number of hydrogen-bond donors (Lipinski definition) is 1. The lowest BCUT2D eigenvalue weighted by Gasteiger charge is -2.29. The van der Waals surface area contributed by atoms with E-state index in [1.54, 1.807) is 19.1 Å². The van der Waals surface area contributed by atoms with Gasteiger partial charge in [0.05, 0.1) is 26.4 Å². The Morgan fingerprint density at radius 2 is 2.00 bits per heavy atom. The molecule has 3 rings (SSSR count). The number of hydrogen-bond acceptors (Lipinski definition) is 5. The van der Waals surface area contributed by atoms with Crippen LogP contribution in [0.3, 0.4) is 0 Å². The van der Waals surface area contributed by atoms with Gasteiger partial charge in [-0.05, 0) is 29.8 Å². The molecule has 1 aliphatic rings. The van der Waals surface area contributed by atoms with E-state index in [2.05, 4.69) is 5.32 Å². The van der Waals surface area contributed by atoms with Gasteiger partial charge in [0, 0.05) is 19.8 Å². The predicted molar refractivity (Wildman–Crippen MR) is 106 cm³/mol. The van der Waals surface area contributed by atoms with Gasteiger partial charge in [-0.1, -0.05) is 24.3 Å². The third-order valence-corrected chi connectivity index (χ3v) is 4.27. The van der Waals surface area contributed by atoms with Crippen molar-refractivity contribution in [2.24, 2.45) is 0 Å². The molecule has 0 fully saturated rings. The zero-order valence-electron chi connectivity index (χ0n) is 16.2. The average molecular weight is 386 g/mol. The van der Waals surface area contributed by atoms with Gasteiger partial charge >= 0.3 is 6.03 Å². The van der Waals surface area contributed by atoms with Gasteiger partial charge in [-0.25, -0.2) is 4.79 Å². The summed E-state index contributed by atoms with van der Waals surface area (Å²) in [6.07, 6.45) is -0.217. The summed E-state index contributed by atoms with van der Waals surface area (Å²) < 4.78 is 22.1. The number of carbonyl (C=O) groups excluding carboxylic acids is 1. The number of nitrogens with one attached hydrogen (secondary N) is 1. The molecule has 2 aromatic carbocycles. The largest absolute Gasteiger partial charge is 0.486 e. The smallest absolute Gasteiger partial charge is 0.321 e. The Kier molecular flexibility index (Phi) is 7.11. The van der Waals surface area contributed by atoms with Crippen molar-refractivity contribution in [3.8, 4) is 11.5 Å². The number of methoxy groups -OCH3 is 1. The van der Waals surface area contributed by atoms with E-state index >= 15 is 0 Å². The van der Waals surface area contributed by atoms with E-state index in [9.17, 15) is 4.79 Å². The summed E-state index contributed by atoms with van der Waals surface area (Å²) in [5.74, 6) is 1.43. The van der Waals surface area contributed by atoms with Crippen LogP contribution < -0.4 is 14.8 Å². The van der Waals surface area contributed by atoms with Gasteiger partial charge in [-0.3, -0.25) is 0 Å². The fourth-order valence-corrected chi connectivity index (χ4v) is 2.83. The van der Waals surface area contributed by atoms with Gasteiger partial charge < -0.3 is 29.2 Å². The van der Waals surface area contributed by atoms with Crippen molar-refractivity contribution < 1.29 is 23.7 Å². The fraction of sp³-hybridized carbons (Fsp3) is 0.381. The second kappa shape index (κ2) is 9.96. The molecule has 1 unspecified atom stereocenters. The topological polar surface area (TPSA) is 69.3 Å². The quantitative estimate of drug-likeness (QED) is 0.706. The van der Waals surface area contributed by atoms with E-state index in [4.69, 9.17) is 18.9 Å². The molecule has 0 saturated heterocycles. The predicted octanol–water partition coefficient (Wildman–Crippen LogP) is 3.15. The highest BCUT2D eigenvalue weighted by Gasteiger charge is 2.23. The molecule has 1 aliphatic heterocycles. The minimum atomic E-state index is -0.217. The van der Waals surface area contributed by atoms with Gasteiger partial charge in [0.15, 0.2) is 17.6 Å². The summed E-state index contributed by atoms with van der Waals surface area (Å²) >= 11 is 0. The number of fused-ring (bicyclic) bond motifs is 1. The number of benzene rings is 2. The number of urea groups is 1. The minimum Gasteiger partial charge on any atom is -0.486 e. The van der Waals surface area contributed by atoms with Crippen molar-refractivity contribution in [2.75, 3.05) is 45.8 Å². The Morgan fingerprint density at radius 1 is 1.18 bits per heavy atom. The lowest BCUT2D eigenvalue weighted by molar-refractivity contribution is 0.0617. The number of likely N-dealkylation sites (N-methyl/N-ethyl adjacent to an activating group) is 1. The Bertz CT molecular complexity index is 783. The molecule has 150 valence electrons. The number of para-hydroxylation sites is 2. The van der Waals surface area contributed by atoms with Crippen molar-refractivity contribution >= 4 is 11.7 Å². The number of anilines is 1. The Balaban J connectivity index is 1.49. The Hall–Kier alpha value is -2.77. The molecule has 0 radical (unpaired) electrons. The molecule has 0 aromatic heterocycles. The van der Waals surface area contributed by atoms with Crippen LogP contribution in [0.2, 0.25) is 0 Å². The summed E-state index contributed by atoms with van der Waals surface area (Å²) in [5.41, 5.74) is 1.70. The second-order valence-corrected chi connectivity index (χ2v) is 6.55. The third-order valence-electron chi connectivity index (χ3n) is 4.27. The number of carbonyl (C=O) groups is 1. The van der Waals surface area contributed by atoms with E-state index in [0.717, 1.165) is 17.0 Å². The summed E-state index contributed by atoms with van der Waals surface area (Å²) in [4.78, 5) is 14.1. The van der Waals surface area contributed by atoms with E-state index < -0.39 is 0 Å². The molecule has 7 heteroatoms. The Labute approximate surface area is 165 Å². The van der Waals surface area contributed by atoms with Crippen molar-refractivity contribution in [2.45, 2.75) is 12.7 Å². The van der Waals surface area contributed by atoms with E-state index in [1.165, 1.54) is 0 Å². The van der Waals surface area contributed by atoms with E-state index in [-0.39, 0.29) is 12.1 Å². The summed E-state index contributed by atoms with van der Waals surface area (Å²) in [6.45, 7) is 2.37. The van der Waals surface area contributed by atoms with Crippen molar-refractivity contribution in [3.05, 3.63) is 54.1 Å². The maximum absolute atomic E-state index is 12.5. The molecule has 0 spiro atoms. The second-order valence-electron chi connectivity index (χ2n) is 6.55. The molecule has 2 amide bonds. The highest BCUT2D eigenvalue weighted by Crippen LogP contribution is 2.31. The van der Waals surface area contributed by atoms with E-state index in [0.29, 0.717) is 38.7 Å². The molecule has 28 heavy (non-hydrogen) atoms. The summed E-state index contributed by atoms with van der Waals surface area (Å²) in [6, 6.07) is 14.9. The van der Waals surface area contributed by atoms with Crippen molar-refractivity contribution in [1.82, 2.24) is 4.90 Å². The SMILES string of the molecule is COCCOCc1cccc(NC(=O)N(C)CC2COc3ccccc3O2)c1. The highest BCUT2D eigenvalue weighted by molar-refractivity contribution is 5.89. The molecular formula is C21H26N2O5. The molecule has 2 aromatic rings. The lowest BCUT2D eigenvalue weighted by Crippen LogP contribution is -2.43. The van der Waals surface area contributed by atoms with Crippen LogP contribution in [0.1, 0.15) is 5.56 Å². The number of nitrogens with zero attached hydrogens (tertiary/aromatic N) is 1. The number of ether oxygens (including phenoxy) is 4. The molecule has 0 bridgehead atoms. The van der Waals surface area contributed by atoms with Crippen molar-refractivity contribution in [3.63, 3.8) is 0 Å². The molecule has 0 aliphatic carbocycles. The van der Waals surface area contributed by atoms with Crippen LogP contribution in [-0.2, 0) is 16.1 Å². The normalized spacial score (nSPS) is 15.1. The van der Waals surface area contributed by atoms with Crippen molar-refractivity contribution in [1.29, 1.82) is 0 Å². The van der Waals surface area contributed by atoms with E-state index in [1.807, 2.05) is 48.5 Å². The van der Waals surface area contributed by atoms with Crippen LogP contribution >= 0.6 is 0 Å².